The number of benzene rings is 1. The van der Waals surface area contributed by atoms with Crippen molar-refractivity contribution in [1.82, 2.24) is 5.32 Å². The molecule has 0 saturated heterocycles. The number of halogens is 1. The van der Waals surface area contributed by atoms with Crippen LogP contribution in [0.25, 0.3) is 0 Å². The predicted octanol–water partition coefficient (Wildman–Crippen LogP) is 3.81. The van der Waals surface area contributed by atoms with Gasteiger partial charge in [-0.05, 0) is 37.7 Å². The van der Waals surface area contributed by atoms with Crippen LogP contribution >= 0.6 is 22.9 Å². The van der Waals surface area contributed by atoms with E-state index in [2.05, 4.69) is 11.4 Å². The first kappa shape index (κ1) is 13.7. The Kier molecular flexibility index (Phi) is 3.87. The quantitative estimate of drug-likeness (QED) is 0.935. The smallest absolute Gasteiger partial charge is 0.161 e. The second-order valence-electron chi connectivity index (χ2n) is 4.79. The van der Waals surface area contributed by atoms with E-state index < -0.39 is 0 Å². The first-order valence-corrected chi connectivity index (χ1v) is 7.70. The lowest BCUT2D eigenvalue weighted by Crippen LogP contribution is -2.40. The normalized spacial score (nSPS) is 18.9. The highest BCUT2D eigenvalue weighted by Crippen LogP contribution is 2.37. The van der Waals surface area contributed by atoms with Crippen LogP contribution in [-0.2, 0) is 0 Å². The standard InChI is InChI=1S/C15H16ClNO2S/c1-9-7-13(20-15(9)16)14(17-2)12-8-18-10-5-3-4-6-11(10)19-12/h3-7,12,14,17H,8H2,1-2H3. The van der Waals surface area contributed by atoms with Crippen LogP contribution in [0.15, 0.2) is 30.3 Å². The Morgan fingerprint density at radius 3 is 2.75 bits per heavy atom. The number of thiophene rings is 1. The lowest BCUT2D eigenvalue weighted by Gasteiger charge is -2.31. The van der Waals surface area contributed by atoms with Gasteiger partial charge in [0.05, 0.1) is 10.4 Å². The van der Waals surface area contributed by atoms with Gasteiger partial charge in [-0.2, -0.15) is 0 Å². The number of hydrogen-bond acceptors (Lipinski definition) is 4. The molecular weight excluding hydrogens is 294 g/mol. The zero-order valence-corrected chi connectivity index (χ0v) is 12.9. The molecule has 3 nitrogen and oxygen atoms in total. The first-order valence-electron chi connectivity index (χ1n) is 6.50. The molecule has 1 N–H and O–H groups in total. The zero-order valence-electron chi connectivity index (χ0n) is 11.4. The number of ether oxygens (including phenoxy) is 2. The molecule has 2 atom stereocenters. The molecule has 1 aliphatic rings. The molecule has 106 valence electrons. The Balaban J connectivity index is 1.85. The second-order valence-corrected chi connectivity index (χ2v) is 6.47. The van der Waals surface area contributed by atoms with E-state index in [0.29, 0.717) is 6.61 Å². The summed E-state index contributed by atoms with van der Waals surface area (Å²) < 4.78 is 12.7. The number of para-hydroxylation sites is 2. The van der Waals surface area contributed by atoms with Crippen molar-refractivity contribution in [1.29, 1.82) is 0 Å². The Bertz CT molecular complexity index is 594. The van der Waals surface area contributed by atoms with E-state index >= 15 is 0 Å². The first-order chi connectivity index (χ1) is 9.69. The van der Waals surface area contributed by atoms with Gasteiger partial charge >= 0.3 is 0 Å². The summed E-state index contributed by atoms with van der Waals surface area (Å²) in [5.74, 6) is 1.60. The predicted molar refractivity (Wildman–Crippen MR) is 82.2 cm³/mol. The van der Waals surface area contributed by atoms with E-state index in [1.807, 2.05) is 38.2 Å². The number of likely N-dealkylation sites (N-methyl/N-ethyl adjacent to an activating group) is 1. The van der Waals surface area contributed by atoms with Crippen molar-refractivity contribution in [2.45, 2.75) is 19.1 Å². The van der Waals surface area contributed by atoms with Crippen LogP contribution in [0, 0.1) is 6.92 Å². The summed E-state index contributed by atoms with van der Waals surface area (Å²) >= 11 is 7.76. The van der Waals surface area contributed by atoms with E-state index in [-0.39, 0.29) is 12.1 Å². The fourth-order valence-corrected chi connectivity index (χ4v) is 3.73. The van der Waals surface area contributed by atoms with Crippen LogP contribution in [0.1, 0.15) is 16.5 Å². The summed E-state index contributed by atoms with van der Waals surface area (Å²) in [7, 11) is 1.93. The average Bonchev–Trinajstić information content (AvgIpc) is 2.79. The van der Waals surface area contributed by atoms with Crippen molar-refractivity contribution >= 4 is 22.9 Å². The van der Waals surface area contributed by atoms with E-state index in [0.717, 1.165) is 21.4 Å². The molecule has 0 amide bonds. The number of hydrogen-bond donors (Lipinski definition) is 1. The Morgan fingerprint density at radius 2 is 2.10 bits per heavy atom. The maximum absolute atomic E-state index is 6.17. The number of nitrogens with one attached hydrogen (secondary N) is 1. The van der Waals surface area contributed by atoms with Gasteiger partial charge in [0, 0.05) is 4.88 Å². The van der Waals surface area contributed by atoms with Gasteiger partial charge in [-0.25, -0.2) is 0 Å². The fourth-order valence-electron chi connectivity index (χ4n) is 2.35. The van der Waals surface area contributed by atoms with Gasteiger partial charge in [-0.1, -0.05) is 23.7 Å². The molecule has 0 saturated carbocycles. The van der Waals surface area contributed by atoms with Gasteiger partial charge < -0.3 is 14.8 Å². The van der Waals surface area contributed by atoms with Crippen molar-refractivity contribution in [3.8, 4) is 11.5 Å². The summed E-state index contributed by atoms with van der Waals surface area (Å²) in [6.07, 6.45) is -0.0657. The largest absolute Gasteiger partial charge is 0.486 e. The number of rotatable bonds is 3. The highest BCUT2D eigenvalue weighted by atomic mass is 35.5. The maximum atomic E-state index is 6.17. The average molecular weight is 310 g/mol. The third-order valence-corrected chi connectivity index (χ3v) is 5.03. The summed E-state index contributed by atoms with van der Waals surface area (Å²) in [6, 6.07) is 9.93. The minimum absolute atomic E-state index is 0.0657. The maximum Gasteiger partial charge on any atom is 0.161 e. The van der Waals surface area contributed by atoms with Gasteiger partial charge in [0.1, 0.15) is 6.61 Å². The number of aryl methyl sites for hydroxylation is 1. The van der Waals surface area contributed by atoms with Crippen LogP contribution < -0.4 is 14.8 Å². The van der Waals surface area contributed by atoms with Crippen LogP contribution in [-0.4, -0.2) is 19.8 Å². The van der Waals surface area contributed by atoms with Gasteiger partial charge in [0.25, 0.3) is 0 Å². The van der Waals surface area contributed by atoms with E-state index in [1.165, 1.54) is 4.88 Å². The molecule has 0 bridgehead atoms. The van der Waals surface area contributed by atoms with Gasteiger partial charge in [0.2, 0.25) is 0 Å². The highest BCUT2D eigenvalue weighted by Gasteiger charge is 2.30. The van der Waals surface area contributed by atoms with Crippen LogP contribution in [0.4, 0.5) is 0 Å². The SMILES string of the molecule is CNC(c1cc(C)c(Cl)s1)C1COc2ccccc2O1. The molecule has 2 heterocycles. The second kappa shape index (κ2) is 5.64. The molecule has 0 radical (unpaired) electrons. The van der Waals surface area contributed by atoms with Crippen molar-refractivity contribution in [2.75, 3.05) is 13.7 Å². The molecule has 1 aliphatic heterocycles. The van der Waals surface area contributed by atoms with Crippen molar-refractivity contribution in [3.63, 3.8) is 0 Å². The van der Waals surface area contributed by atoms with Gasteiger partial charge in [-0.15, -0.1) is 11.3 Å². The summed E-state index contributed by atoms with van der Waals surface area (Å²) in [5.41, 5.74) is 1.10. The minimum Gasteiger partial charge on any atom is -0.486 e. The molecule has 0 fully saturated rings. The molecule has 5 heteroatoms. The summed E-state index contributed by atoms with van der Waals surface area (Å²) in [6.45, 7) is 2.54. The van der Waals surface area contributed by atoms with Crippen LogP contribution in [0.5, 0.6) is 11.5 Å². The molecule has 1 aromatic heterocycles. The minimum atomic E-state index is -0.0657. The van der Waals surface area contributed by atoms with Gasteiger partial charge in [0.15, 0.2) is 17.6 Å². The molecule has 3 rings (SSSR count). The third kappa shape index (κ3) is 2.51. The molecule has 2 aromatic rings. The topological polar surface area (TPSA) is 30.5 Å². The number of fused-ring (bicyclic) bond motifs is 1. The summed E-state index contributed by atoms with van der Waals surface area (Å²) in [5, 5.41) is 3.31. The molecule has 1 aromatic carbocycles. The molecule has 2 unspecified atom stereocenters. The molecule has 0 spiro atoms. The third-order valence-electron chi connectivity index (χ3n) is 3.40. The Hall–Kier alpha value is -1.23. The zero-order chi connectivity index (χ0) is 14.1. The Labute approximate surface area is 127 Å². The van der Waals surface area contributed by atoms with Crippen molar-refractivity contribution in [3.05, 3.63) is 45.1 Å². The van der Waals surface area contributed by atoms with Crippen LogP contribution in [0.2, 0.25) is 4.34 Å². The van der Waals surface area contributed by atoms with E-state index in [9.17, 15) is 0 Å². The van der Waals surface area contributed by atoms with Crippen molar-refractivity contribution in [2.24, 2.45) is 0 Å². The lowest BCUT2D eigenvalue weighted by molar-refractivity contribution is 0.0647. The molecule has 0 aliphatic carbocycles. The van der Waals surface area contributed by atoms with Crippen LogP contribution in [0.3, 0.4) is 0 Å². The van der Waals surface area contributed by atoms with Gasteiger partial charge in [-0.3, -0.25) is 0 Å². The van der Waals surface area contributed by atoms with Crippen molar-refractivity contribution < 1.29 is 9.47 Å². The monoisotopic (exact) mass is 309 g/mol. The Morgan fingerprint density at radius 1 is 1.35 bits per heavy atom. The highest BCUT2D eigenvalue weighted by molar-refractivity contribution is 7.16. The molecular formula is C15H16ClNO2S. The van der Waals surface area contributed by atoms with E-state index in [4.69, 9.17) is 21.1 Å². The fraction of sp³-hybridized carbons (Fsp3) is 0.333. The van der Waals surface area contributed by atoms with E-state index in [1.54, 1.807) is 11.3 Å². The lowest BCUT2D eigenvalue weighted by atomic mass is 10.1. The summed E-state index contributed by atoms with van der Waals surface area (Å²) in [4.78, 5) is 1.17. The molecule has 20 heavy (non-hydrogen) atoms.